The summed E-state index contributed by atoms with van der Waals surface area (Å²) in [6.45, 7) is 5.66. The zero-order valence-electron chi connectivity index (χ0n) is 19.7. The number of aliphatic carboxylic acids is 1. The number of methoxy groups -OCH3 is 1. The van der Waals surface area contributed by atoms with Gasteiger partial charge >= 0.3 is 5.97 Å². The molecule has 34 heavy (non-hydrogen) atoms. The van der Waals surface area contributed by atoms with Gasteiger partial charge in [0.05, 0.1) is 7.11 Å². The van der Waals surface area contributed by atoms with E-state index < -0.39 is 11.6 Å². The predicted octanol–water partition coefficient (Wildman–Crippen LogP) is 5.60. The Kier molecular flexibility index (Phi) is 6.56. The number of hydrogen-bond donors (Lipinski definition) is 2. The second-order valence-corrected chi connectivity index (χ2v) is 8.60. The number of fused-ring (bicyclic) bond motifs is 1. The molecule has 2 N–H and O–H groups in total. The molecule has 1 atom stereocenters. The Morgan fingerprint density at radius 2 is 1.88 bits per heavy atom. The summed E-state index contributed by atoms with van der Waals surface area (Å²) in [7, 11) is 1.63. The van der Waals surface area contributed by atoms with Gasteiger partial charge in [-0.25, -0.2) is 9.78 Å². The molecule has 0 spiro atoms. The Balaban J connectivity index is 1.55. The number of hydrogen-bond acceptors (Lipinski definition) is 6. The molecule has 0 saturated carbocycles. The van der Waals surface area contributed by atoms with E-state index in [1.807, 2.05) is 67.6 Å². The van der Waals surface area contributed by atoms with Gasteiger partial charge in [0, 0.05) is 18.2 Å². The Labute approximate surface area is 198 Å². The van der Waals surface area contributed by atoms with Crippen molar-refractivity contribution in [3.8, 4) is 23.0 Å². The van der Waals surface area contributed by atoms with Gasteiger partial charge in [-0.2, -0.15) is 0 Å². The number of benzene rings is 3. The molecule has 4 rings (SSSR count). The molecular formula is C27H28N2O5. The molecule has 0 radical (unpaired) electrons. The fourth-order valence-electron chi connectivity index (χ4n) is 3.59. The SMILES string of the molecule is COc1ccc(CNC(C)c2cccc(OC(C)(C)C(=O)O)c2)c(-c2nc3ccccc3o2)c1. The molecule has 0 amide bonds. The van der Waals surface area contributed by atoms with Crippen molar-refractivity contribution in [1.82, 2.24) is 10.3 Å². The first-order chi connectivity index (χ1) is 16.3. The van der Waals surface area contributed by atoms with Gasteiger partial charge in [-0.3, -0.25) is 0 Å². The van der Waals surface area contributed by atoms with Crippen molar-refractivity contribution in [2.24, 2.45) is 0 Å². The molecule has 1 unspecified atom stereocenters. The molecule has 0 aliphatic carbocycles. The Bertz CT molecular complexity index is 1280. The van der Waals surface area contributed by atoms with E-state index in [0.29, 0.717) is 18.2 Å². The molecule has 0 saturated heterocycles. The highest BCUT2D eigenvalue weighted by atomic mass is 16.5. The van der Waals surface area contributed by atoms with Gasteiger partial charge in [0.2, 0.25) is 5.89 Å². The van der Waals surface area contributed by atoms with Crippen LogP contribution in [-0.2, 0) is 11.3 Å². The highest BCUT2D eigenvalue weighted by Crippen LogP contribution is 2.31. The smallest absolute Gasteiger partial charge is 0.347 e. The molecule has 0 aliphatic rings. The van der Waals surface area contributed by atoms with Gasteiger partial charge in [0.15, 0.2) is 11.2 Å². The van der Waals surface area contributed by atoms with E-state index in [2.05, 4.69) is 10.3 Å². The van der Waals surface area contributed by atoms with Crippen LogP contribution < -0.4 is 14.8 Å². The van der Waals surface area contributed by atoms with E-state index in [4.69, 9.17) is 13.9 Å². The monoisotopic (exact) mass is 460 g/mol. The number of nitrogens with one attached hydrogen (secondary N) is 1. The zero-order chi connectivity index (χ0) is 24.3. The van der Waals surface area contributed by atoms with E-state index >= 15 is 0 Å². The van der Waals surface area contributed by atoms with Crippen molar-refractivity contribution in [3.05, 3.63) is 77.9 Å². The van der Waals surface area contributed by atoms with Crippen molar-refractivity contribution < 1.29 is 23.8 Å². The lowest BCUT2D eigenvalue weighted by Gasteiger charge is -2.23. The van der Waals surface area contributed by atoms with Crippen LogP contribution in [0.15, 0.2) is 71.1 Å². The maximum absolute atomic E-state index is 11.4. The molecule has 1 heterocycles. The zero-order valence-corrected chi connectivity index (χ0v) is 19.7. The topological polar surface area (TPSA) is 93.8 Å². The van der Waals surface area contributed by atoms with Crippen LogP contribution in [-0.4, -0.2) is 28.8 Å². The highest BCUT2D eigenvalue weighted by Gasteiger charge is 2.29. The first-order valence-corrected chi connectivity index (χ1v) is 11.1. The molecule has 0 bridgehead atoms. The quantitative estimate of drug-likeness (QED) is 0.336. The lowest BCUT2D eigenvalue weighted by molar-refractivity contribution is -0.152. The average molecular weight is 461 g/mol. The number of aromatic nitrogens is 1. The number of nitrogens with zero attached hydrogens (tertiary/aromatic N) is 1. The molecule has 176 valence electrons. The van der Waals surface area contributed by atoms with Crippen LogP contribution in [0.1, 0.15) is 37.9 Å². The third kappa shape index (κ3) is 5.05. The van der Waals surface area contributed by atoms with E-state index in [1.54, 1.807) is 13.2 Å². The summed E-state index contributed by atoms with van der Waals surface area (Å²) in [4.78, 5) is 16.0. The van der Waals surface area contributed by atoms with Crippen molar-refractivity contribution in [2.75, 3.05) is 7.11 Å². The van der Waals surface area contributed by atoms with E-state index in [1.165, 1.54) is 13.8 Å². The lowest BCUT2D eigenvalue weighted by Crippen LogP contribution is -2.37. The van der Waals surface area contributed by atoms with E-state index in [-0.39, 0.29) is 6.04 Å². The molecule has 0 aliphatic heterocycles. The van der Waals surface area contributed by atoms with Crippen LogP contribution in [0.25, 0.3) is 22.6 Å². The summed E-state index contributed by atoms with van der Waals surface area (Å²) < 4.78 is 17.1. The molecule has 1 aromatic heterocycles. The minimum Gasteiger partial charge on any atom is -0.497 e. The average Bonchev–Trinajstić information content (AvgIpc) is 3.26. The number of carbonyl (C=O) groups is 1. The molecule has 7 heteroatoms. The van der Waals surface area contributed by atoms with Gasteiger partial charge < -0.3 is 24.3 Å². The molecule has 7 nitrogen and oxygen atoms in total. The van der Waals surface area contributed by atoms with E-state index in [0.717, 1.165) is 33.5 Å². The maximum atomic E-state index is 11.4. The lowest BCUT2D eigenvalue weighted by atomic mass is 10.0. The van der Waals surface area contributed by atoms with Crippen LogP contribution in [0.3, 0.4) is 0 Å². The standard InChI is InChI=1S/C27H28N2O5/c1-17(18-8-7-9-21(14-18)34-27(2,3)26(30)31)28-16-19-12-13-20(32-4)15-22(19)25-29-23-10-5-6-11-24(23)33-25/h5-15,17,28H,16H2,1-4H3,(H,30,31). The number of para-hydroxylation sites is 2. The summed E-state index contributed by atoms with van der Waals surface area (Å²) in [6, 6.07) is 20.9. The molecule has 4 aromatic rings. The summed E-state index contributed by atoms with van der Waals surface area (Å²) in [5.41, 5.74) is 3.07. The van der Waals surface area contributed by atoms with Gasteiger partial charge in [0.25, 0.3) is 0 Å². The fourth-order valence-corrected chi connectivity index (χ4v) is 3.59. The maximum Gasteiger partial charge on any atom is 0.347 e. The van der Waals surface area contributed by atoms with Crippen molar-refractivity contribution in [1.29, 1.82) is 0 Å². The van der Waals surface area contributed by atoms with Crippen LogP contribution in [0, 0.1) is 0 Å². The van der Waals surface area contributed by atoms with Gasteiger partial charge in [-0.05, 0) is 68.3 Å². The Hall–Kier alpha value is -3.84. The normalized spacial score (nSPS) is 12.5. The van der Waals surface area contributed by atoms with Crippen molar-refractivity contribution in [2.45, 2.75) is 39.0 Å². The van der Waals surface area contributed by atoms with Crippen LogP contribution in [0.4, 0.5) is 0 Å². The van der Waals surface area contributed by atoms with Gasteiger partial charge in [-0.1, -0.05) is 30.3 Å². The molecular weight excluding hydrogens is 432 g/mol. The first-order valence-electron chi connectivity index (χ1n) is 11.1. The Morgan fingerprint density at radius 3 is 2.62 bits per heavy atom. The summed E-state index contributed by atoms with van der Waals surface area (Å²) >= 11 is 0. The number of carboxylic acids is 1. The van der Waals surface area contributed by atoms with Gasteiger partial charge in [0.1, 0.15) is 17.0 Å². The third-order valence-corrected chi connectivity index (χ3v) is 5.69. The summed E-state index contributed by atoms with van der Waals surface area (Å²) in [6.07, 6.45) is 0. The van der Waals surface area contributed by atoms with Crippen molar-refractivity contribution in [3.63, 3.8) is 0 Å². The second-order valence-electron chi connectivity index (χ2n) is 8.60. The second kappa shape index (κ2) is 9.57. The minimum atomic E-state index is -1.31. The third-order valence-electron chi connectivity index (χ3n) is 5.69. The van der Waals surface area contributed by atoms with Gasteiger partial charge in [-0.15, -0.1) is 0 Å². The largest absolute Gasteiger partial charge is 0.497 e. The molecule has 0 fully saturated rings. The fraction of sp³-hybridized carbons (Fsp3) is 0.259. The van der Waals surface area contributed by atoms with Crippen molar-refractivity contribution >= 4 is 17.1 Å². The van der Waals surface area contributed by atoms with Crippen LogP contribution in [0.5, 0.6) is 11.5 Å². The predicted molar refractivity (Wildman–Crippen MR) is 130 cm³/mol. The molecule has 3 aromatic carbocycles. The summed E-state index contributed by atoms with van der Waals surface area (Å²) in [5.74, 6) is 0.751. The number of rotatable bonds is 9. The summed E-state index contributed by atoms with van der Waals surface area (Å²) in [5, 5.41) is 12.9. The number of carboxylic acid groups (broad SMARTS) is 1. The Morgan fingerprint density at radius 1 is 1.09 bits per heavy atom. The van der Waals surface area contributed by atoms with E-state index in [9.17, 15) is 9.90 Å². The first kappa shape index (κ1) is 23.3. The minimum absolute atomic E-state index is 0.0184. The number of ether oxygens (including phenoxy) is 2. The highest BCUT2D eigenvalue weighted by molar-refractivity contribution is 5.77. The number of oxazole rings is 1. The van der Waals surface area contributed by atoms with Crippen LogP contribution in [0.2, 0.25) is 0 Å². The van der Waals surface area contributed by atoms with Crippen LogP contribution >= 0.6 is 0 Å².